The van der Waals surface area contributed by atoms with Crippen molar-refractivity contribution < 1.29 is 32.8 Å². The van der Waals surface area contributed by atoms with E-state index >= 15 is 0 Å². The molecule has 0 fully saturated rings. The number of esters is 1. The van der Waals surface area contributed by atoms with Crippen LogP contribution in [0.2, 0.25) is 0 Å². The van der Waals surface area contributed by atoms with Gasteiger partial charge in [0.2, 0.25) is 0 Å². The molecule has 0 rings (SSSR count). The van der Waals surface area contributed by atoms with Crippen molar-refractivity contribution in [2.45, 2.75) is 180 Å². The van der Waals surface area contributed by atoms with E-state index in [2.05, 4.69) is 62.5 Å². The van der Waals surface area contributed by atoms with E-state index in [0.29, 0.717) is 6.42 Å². The second-order valence-electron chi connectivity index (χ2n) is 13.9. The number of hydrogen-bond donors (Lipinski definition) is 2. The van der Waals surface area contributed by atoms with Gasteiger partial charge < -0.3 is 20.1 Å². The third-order valence-corrected chi connectivity index (χ3v) is 9.71. The molecule has 2 unspecified atom stereocenters. The predicted molar refractivity (Wildman–Crippen MR) is 228 cm³/mol. The quantitative estimate of drug-likeness (QED) is 0.0208. The third-order valence-electron chi connectivity index (χ3n) is 8.73. The number of carbonyl (C=O) groups excluding carboxylic acids is 1. The largest absolute Gasteiger partial charge is 0.492 e. The lowest BCUT2D eigenvalue weighted by atomic mass is 10.0. The Morgan fingerprint density at radius 1 is 0.574 bits per heavy atom. The number of phosphoric acid groups is 1. The molecule has 0 saturated carbocycles. The van der Waals surface area contributed by atoms with Gasteiger partial charge in [0.25, 0.3) is 0 Å². The van der Waals surface area contributed by atoms with Crippen molar-refractivity contribution >= 4 is 13.8 Å². The Hall–Kier alpha value is -2.22. The highest BCUT2D eigenvalue weighted by atomic mass is 31.2. The first kappa shape index (κ1) is 51.8. The number of allylic oxidation sites excluding steroid dienone is 11. The molecule has 0 bridgehead atoms. The van der Waals surface area contributed by atoms with E-state index in [1.165, 1.54) is 109 Å². The van der Waals surface area contributed by atoms with E-state index in [9.17, 15) is 14.3 Å². The molecule has 0 aromatic carbocycles. The number of ether oxygens (including phenoxy) is 2. The van der Waals surface area contributed by atoms with Crippen LogP contribution in [-0.4, -0.2) is 43.3 Å². The van der Waals surface area contributed by atoms with Gasteiger partial charge in [0.1, 0.15) is 6.61 Å². The summed E-state index contributed by atoms with van der Waals surface area (Å²) in [7, 11) is -4.29. The van der Waals surface area contributed by atoms with Crippen molar-refractivity contribution in [1.29, 1.82) is 0 Å². The molecule has 9 heteroatoms. The average molecular weight is 778 g/mol. The van der Waals surface area contributed by atoms with Crippen LogP contribution in [0, 0.1) is 0 Å². The van der Waals surface area contributed by atoms with Gasteiger partial charge in [-0.15, -0.1) is 0 Å². The molecule has 0 aliphatic rings. The first-order valence-electron chi connectivity index (χ1n) is 21.5. The fourth-order valence-electron chi connectivity index (χ4n) is 5.49. The maximum atomic E-state index is 12.4. The Morgan fingerprint density at radius 2 is 1.00 bits per heavy atom. The smallest absolute Gasteiger partial charge is 0.472 e. The highest BCUT2D eigenvalue weighted by Gasteiger charge is 2.24. The summed E-state index contributed by atoms with van der Waals surface area (Å²) in [5, 5.41) is 0. The first-order chi connectivity index (χ1) is 26.4. The van der Waals surface area contributed by atoms with Crippen molar-refractivity contribution in [2.75, 3.05) is 26.4 Å². The number of unbranched alkanes of at least 4 members (excludes halogenated alkanes) is 17. The highest BCUT2D eigenvalue weighted by Crippen LogP contribution is 2.43. The van der Waals surface area contributed by atoms with Crippen LogP contribution in [0.4, 0.5) is 0 Å². The van der Waals surface area contributed by atoms with E-state index < -0.39 is 13.9 Å². The molecule has 0 aliphatic heterocycles. The zero-order valence-corrected chi connectivity index (χ0v) is 35.3. The van der Waals surface area contributed by atoms with Gasteiger partial charge in [0, 0.05) is 13.0 Å². The topological polar surface area (TPSA) is 117 Å². The van der Waals surface area contributed by atoms with Crippen LogP contribution in [0.1, 0.15) is 174 Å². The van der Waals surface area contributed by atoms with Crippen LogP contribution in [0.15, 0.2) is 73.1 Å². The van der Waals surface area contributed by atoms with E-state index in [1.807, 2.05) is 18.2 Å². The Morgan fingerprint density at radius 3 is 1.52 bits per heavy atom. The van der Waals surface area contributed by atoms with Gasteiger partial charge in [-0.05, 0) is 63.9 Å². The van der Waals surface area contributed by atoms with Crippen LogP contribution >= 0.6 is 7.82 Å². The van der Waals surface area contributed by atoms with Gasteiger partial charge in [0.05, 0.1) is 19.5 Å². The molecular formula is C45H80NO7P. The van der Waals surface area contributed by atoms with Gasteiger partial charge in [-0.25, -0.2) is 4.57 Å². The minimum Gasteiger partial charge on any atom is -0.492 e. The van der Waals surface area contributed by atoms with Gasteiger partial charge in [-0.3, -0.25) is 13.8 Å². The number of nitrogens with two attached hydrogens (primary N) is 1. The van der Waals surface area contributed by atoms with Gasteiger partial charge in [-0.2, -0.15) is 0 Å². The summed E-state index contributed by atoms with van der Waals surface area (Å²) in [6.07, 6.45) is 53.2. The average Bonchev–Trinajstić information content (AvgIpc) is 3.16. The lowest BCUT2D eigenvalue weighted by Crippen LogP contribution is -2.25. The van der Waals surface area contributed by atoms with Crippen LogP contribution in [0.25, 0.3) is 0 Å². The first-order valence-corrected chi connectivity index (χ1v) is 23.0. The summed E-state index contributed by atoms with van der Waals surface area (Å²) < 4.78 is 33.1. The summed E-state index contributed by atoms with van der Waals surface area (Å²) in [5.74, 6) is -0.371. The van der Waals surface area contributed by atoms with Crippen LogP contribution in [0.5, 0.6) is 0 Å². The maximum Gasteiger partial charge on any atom is 0.472 e. The Labute approximate surface area is 331 Å². The number of phosphoric ester groups is 1. The molecule has 8 nitrogen and oxygen atoms in total. The van der Waals surface area contributed by atoms with Crippen molar-refractivity contribution in [2.24, 2.45) is 5.73 Å². The standard InChI is InChI=1S/C45H80NO7P/c1-3-5-7-9-11-13-15-17-19-21-22-23-24-26-28-30-32-34-36-38-45(47)51-42-44(43-53-54(48,49)52-41-39-46)50-40-37-35-33-31-29-27-25-20-18-16-14-12-10-8-6-4-2/h11,13,17,19,22-23,26,28,32,34,37,40,44H,3-10,12,14-16,18,20-21,24-25,27,29-31,33,35-36,38-39,41-43,46H2,1-2H3,(H,48,49). The summed E-state index contributed by atoms with van der Waals surface area (Å²) >= 11 is 0. The van der Waals surface area contributed by atoms with Crippen molar-refractivity contribution in [3.63, 3.8) is 0 Å². The fourth-order valence-corrected chi connectivity index (χ4v) is 6.26. The molecule has 54 heavy (non-hydrogen) atoms. The second-order valence-corrected chi connectivity index (χ2v) is 15.4. The van der Waals surface area contributed by atoms with E-state index in [0.717, 1.165) is 38.5 Å². The molecule has 0 heterocycles. The summed E-state index contributed by atoms with van der Waals surface area (Å²) in [6, 6.07) is 0. The van der Waals surface area contributed by atoms with Gasteiger partial charge in [-0.1, -0.05) is 171 Å². The lowest BCUT2D eigenvalue weighted by Gasteiger charge is -2.19. The minimum absolute atomic E-state index is 0.0887. The Balaban J connectivity index is 4.22. The highest BCUT2D eigenvalue weighted by molar-refractivity contribution is 7.47. The number of hydrogen-bond acceptors (Lipinski definition) is 7. The normalized spacial score (nSPS) is 14.1. The summed E-state index contributed by atoms with van der Waals surface area (Å²) in [5.41, 5.74) is 5.36. The predicted octanol–water partition coefficient (Wildman–Crippen LogP) is 13.1. The molecule has 3 N–H and O–H groups in total. The minimum atomic E-state index is -4.29. The molecule has 2 atom stereocenters. The maximum absolute atomic E-state index is 12.4. The van der Waals surface area contributed by atoms with Crippen LogP contribution < -0.4 is 5.73 Å². The molecule has 0 aromatic heterocycles. The fraction of sp³-hybridized carbons (Fsp3) is 0.711. The van der Waals surface area contributed by atoms with E-state index in [4.69, 9.17) is 24.3 Å². The van der Waals surface area contributed by atoms with Gasteiger partial charge in [0.15, 0.2) is 6.10 Å². The SMILES string of the molecule is CCCCCC=CCC=CCC=CCC=CCC=CCCC(=O)OCC(COP(=O)(O)OCCN)OC=CCCCCCCCCCCCCCCCC. The Kier molecular flexibility index (Phi) is 40.2. The van der Waals surface area contributed by atoms with Crippen molar-refractivity contribution in [3.05, 3.63) is 73.1 Å². The van der Waals surface area contributed by atoms with E-state index in [-0.39, 0.29) is 38.8 Å². The third kappa shape index (κ3) is 41.0. The molecule has 0 aromatic rings. The summed E-state index contributed by atoms with van der Waals surface area (Å²) in [6.45, 7) is 4.10. The number of rotatable bonds is 40. The zero-order chi connectivity index (χ0) is 39.5. The number of carbonyl (C=O) groups is 1. The second kappa shape index (κ2) is 41.9. The monoisotopic (exact) mass is 778 g/mol. The zero-order valence-electron chi connectivity index (χ0n) is 34.4. The molecule has 0 amide bonds. The molecule has 0 saturated heterocycles. The molecule has 0 aliphatic carbocycles. The van der Waals surface area contributed by atoms with Gasteiger partial charge >= 0.3 is 13.8 Å². The molecule has 0 spiro atoms. The lowest BCUT2D eigenvalue weighted by molar-refractivity contribution is -0.147. The van der Waals surface area contributed by atoms with E-state index in [1.54, 1.807) is 6.26 Å². The Bertz CT molecular complexity index is 1050. The molecule has 312 valence electrons. The van der Waals surface area contributed by atoms with Crippen molar-refractivity contribution in [3.8, 4) is 0 Å². The molecule has 0 radical (unpaired) electrons. The van der Waals surface area contributed by atoms with Crippen LogP contribution in [0.3, 0.4) is 0 Å². The van der Waals surface area contributed by atoms with Crippen molar-refractivity contribution in [1.82, 2.24) is 0 Å². The molecular weight excluding hydrogens is 697 g/mol. The van der Waals surface area contributed by atoms with Crippen LogP contribution in [-0.2, 0) is 27.9 Å². The summed E-state index contributed by atoms with van der Waals surface area (Å²) in [4.78, 5) is 22.2.